The molecule has 0 heterocycles. The van der Waals surface area contributed by atoms with E-state index in [-0.39, 0.29) is 0 Å². The average molecular weight is 158 g/mol. The lowest BCUT2D eigenvalue weighted by atomic mass is 10.2. The Hall–Kier alpha value is -1.51. The highest BCUT2D eigenvalue weighted by atomic mass is 16.5. The molecule has 0 saturated carbocycles. The number of carbonyl (C=O) groups excluding carboxylic acids is 1. The molecule has 0 fully saturated rings. The molecule has 1 aromatic carbocycles. The lowest BCUT2D eigenvalue weighted by molar-refractivity contribution is -0.128. The summed E-state index contributed by atoms with van der Waals surface area (Å²) in [5.74, 6) is -0.557. The molecular weight excluding hydrogens is 151 g/mol. The molecule has 0 spiro atoms. The topological polar surface area (TPSA) is 26.3 Å². The van der Waals surface area contributed by atoms with Gasteiger partial charge in [0, 0.05) is 6.08 Å². The van der Waals surface area contributed by atoms with E-state index < -0.39 is 5.97 Å². The summed E-state index contributed by atoms with van der Waals surface area (Å²) in [6.45, 7) is 0. The molecule has 0 bridgehead atoms. The molecule has 1 aromatic rings. The summed E-state index contributed by atoms with van der Waals surface area (Å²) in [5, 5.41) is 0. The van der Waals surface area contributed by atoms with Crippen molar-refractivity contribution in [3.8, 4) is 0 Å². The van der Waals surface area contributed by atoms with Gasteiger partial charge in [0.2, 0.25) is 0 Å². The summed E-state index contributed by atoms with van der Waals surface area (Å²) in [7, 11) is 4.64. The average Bonchev–Trinajstić information content (AvgIpc) is 2.16. The number of carbonyl (C=O) groups is 1. The monoisotopic (exact) mass is 158 g/mol. The van der Waals surface area contributed by atoms with Crippen LogP contribution in [0.2, 0.25) is 0 Å². The summed E-state index contributed by atoms with van der Waals surface area (Å²) >= 11 is 0. The molecule has 0 unspecified atom stereocenters. The lowest BCUT2D eigenvalue weighted by Crippen LogP contribution is -1.94. The summed E-state index contributed by atoms with van der Waals surface area (Å²) in [6, 6.07) is 9.42. The normalized spacial score (nSPS) is 10.0. The quantitative estimate of drug-likeness (QED) is 0.479. The van der Waals surface area contributed by atoms with E-state index >= 15 is 0 Å². The van der Waals surface area contributed by atoms with E-state index in [4.69, 9.17) is 0 Å². The Morgan fingerprint density at radius 3 is 2.58 bits per heavy atom. The highest BCUT2D eigenvalue weighted by molar-refractivity contribution is 6.08. The molecule has 0 aliphatic heterocycles. The van der Waals surface area contributed by atoms with Gasteiger partial charge in [-0.25, -0.2) is 4.79 Å². The maximum absolute atomic E-state index is 10.6. The van der Waals surface area contributed by atoms with Gasteiger partial charge in [0.1, 0.15) is 0 Å². The fraction of sp³-hybridized carbons (Fsp3) is 0. The molecule has 3 heteroatoms. The molecule has 12 heavy (non-hydrogen) atoms. The third-order valence-corrected chi connectivity index (χ3v) is 1.33. The van der Waals surface area contributed by atoms with Crippen molar-refractivity contribution in [1.82, 2.24) is 0 Å². The molecule has 1 rings (SSSR count). The number of hydrogen-bond donors (Lipinski definition) is 0. The SMILES string of the molecule is [B]OC(=O)/C=C/c1ccccc1. The van der Waals surface area contributed by atoms with Gasteiger partial charge in [-0.2, -0.15) is 0 Å². The molecule has 0 aliphatic rings. The van der Waals surface area contributed by atoms with Crippen LogP contribution in [-0.2, 0) is 9.45 Å². The predicted molar refractivity (Wildman–Crippen MR) is 47.3 cm³/mol. The standard InChI is InChI=1S/C9H7BO2/c10-12-9(11)7-6-8-4-2-1-3-5-8/h1-7H/b7-6+. The van der Waals surface area contributed by atoms with Crippen LogP contribution < -0.4 is 0 Å². The highest BCUT2D eigenvalue weighted by Crippen LogP contribution is 2.00. The van der Waals surface area contributed by atoms with Crippen molar-refractivity contribution < 1.29 is 9.45 Å². The smallest absolute Gasteiger partial charge is 0.378 e. The first-order valence-electron chi connectivity index (χ1n) is 3.47. The summed E-state index contributed by atoms with van der Waals surface area (Å²) in [5.41, 5.74) is 0.933. The van der Waals surface area contributed by atoms with Gasteiger partial charge in [0.25, 0.3) is 0 Å². The zero-order chi connectivity index (χ0) is 8.81. The van der Waals surface area contributed by atoms with Crippen LogP contribution in [0.25, 0.3) is 6.08 Å². The van der Waals surface area contributed by atoms with Crippen molar-refractivity contribution in [1.29, 1.82) is 0 Å². The Bertz CT molecular complexity index is 280. The predicted octanol–water partition coefficient (Wildman–Crippen LogP) is 1.33. The van der Waals surface area contributed by atoms with Crippen LogP contribution in [0.3, 0.4) is 0 Å². The second-order valence-electron chi connectivity index (χ2n) is 2.18. The van der Waals surface area contributed by atoms with E-state index in [0.29, 0.717) is 0 Å². The number of hydrogen-bond acceptors (Lipinski definition) is 2. The van der Waals surface area contributed by atoms with Gasteiger partial charge in [-0.3, -0.25) is 0 Å². The zero-order valence-electron chi connectivity index (χ0n) is 6.44. The molecule has 0 aromatic heterocycles. The Morgan fingerprint density at radius 1 is 1.33 bits per heavy atom. The number of rotatable bonds is 2. The van der Waals surface area contributed by atoms with E-state index in [1.54, 1.807) is 6.08 Å². The van der Waals surface area contributed by atoms with Crippen LogP contribution in [-0.4, -0.2) is 14.0 Å². The van der Waals surface area contributed by atoms with E-state index in [9.17, 15) is 4.79 Å². The van der Waals surface area contributed by atoms with Crippen LogP contribution in [0, 0.1) is 0 Å². The van der Waals surface area contributed by atoms with Gasteiger partial charge in [0.05, 0.1) is 0 Å². The van der Waals surface area contributed by atoms with Crippen molar-refractivity contribution in [2.45, 2.75) is 0 Å². The van der Waals surface area contributed by atoms with E-state index in [1.165, 1.54) is 6.08 Å². The molecule has 0 atom stereocenters. The largest absolute Gasteiger partial charge is 0.540 e. The Morgan fingerprint density at radius 2 is 2.00 bits per heavy atom. The first kappa shape index (κ1) is 8.59. The minimum Gasteiger partial charge on any atom is -0.540 e. The van der Waals surface area contributed by atoms with Gasteiger partial charge in [0.15, 0.2) is 0 Å². The lowest BCUT2D eigenvalue weighted by Gasteiger charge is -1.91. The molecule has 0 N–H and O–H groups in total. The number of benzene rings is 1. The minimum absolute atomic E-state index is 0.557. The summed E-state index contributed by atoms with van der Waals surface area (Å²) < 4.78 is 3.95. The van der Waals surface area contributed by atoms with Crippen LogP contribution in [0.4, 0.5) is 0 Å². The molecule has 58 valence electrons. The van der Waals surface area contributed by atoms with Crippen molar-refractivity contribution in [2.24, 2.45) is 0 Å². The van der Waals surface area contributed by atoms with Crippen molar-refractivity contribution in [3.63, 3.8) is 0 Å². The van der Waals surface area contributed by atoms with E-state index in [1.807, 2.05) is 30.3 Å². The van der Waals surface area contributed by atoms with Crippen molar-refractivity contribution >= 4 is 20.1 Å². The zero-order valence-corrected chi connectivity index (χ0v) is 6.44. The second-order valence-corrected chi connectivity index (χ2v) is 2.18. The van der Waals surface area contributed by atoms with Crippen LogP contribution in [0.1, 0.15) is 5.56 Å². The fourth-order valence-corrected chi connectivity index (χ4v) is 0.768. The van der Waals surface area contributed by atoms with Crippen LogP contribution in [0.15, 0.2) is 36.4 Å². The fourth-order valence-electron chi connectivity index (χ4n) is 0.768. The first-order valence-corrected chi connectivity index (χ1v) is 3.47. The van der Waals surface area contributed by atoms with Crippen LogP contribution in [0.5, 0.6) is 0 Å². The van der Waals surface area contributed by atoms with E-state index in [2.05, 4.69) is 12.7 Å². The summed E-state index contributed by atoms with van der Waals surface area (Å²) in [6.07, 6.45) is 2.91. The van der Waals surface area contributed by atoms with E-state index in [0.717, 1.165) is 5.56 Å². The van der Waals surface area contributed by atoms with Gasteiger partial charge in [-0.05, 0) is 11.6 Å². The third kappa shape index (κ3) is 2.62. The first-order chi connectivity index (χ1) is 5.83. The Kier molecular flexibility index (Phi) is 3.14. The molecule has 0 amide bonds. The maximum atomic E-state index is 10.6. The third-order valence-electron chi connectivity index (χ3n) is 1.33. The Balaban J connectivity index is 2.64. The van der Waals surface area contributed by atoms with Gasteiger partial charge in [-0.1, -0.05) is 30.3 Å². The van der Waals surface area contributed by atoms with Gasteiger partial charge >= 0.3 is 14.0 Å². The molecule has 0 saturated heterocycles. The maximum Gasteiger partial charge on any atom is 0.378 e. The van der Waals surface area contributed by atoms with Crippen molar-refractivity contribution in [2.75, 3.05) is 0 Å². The molecule has 0 aliphatic carbocycles. The van der Waals surface area contributed by atoms with Crippen molar-refractivity contribution in [3.05, 3.63) is 42.0 Å². The minimum atomic E-state index is -0.557. The molecular formula is C9H7BO2. The van der Waals surface area contributed by atoms with Gasteiger partial charge < -0.3 is 4.65 Å². The van der Waals surface area contributed by atoms with Crippen LogP contribution >= 0.6 is 0 Å². The second kappa shape index (κ2) is 4.39. The highest BCUT2D eigenvalue weighted by Gasteiger charge is 1.89. The molecule has 2 nitrogen and oxygen atoms in total. The molecule has 2 radical (unpaired) electrons. The Labute approximate surface area is 72.3 Å². The summed E-state index contributed by atoms with van der Waals surface area (Å²) in [4.78, 5) is 10.6. The van der Waals surface area contributed by atoms with Gasteiger partial charge in [-0.15, -0.1) is 0 Å².